The van der Waals surface area contributed by atoms with Crippen LogP contribution in [-0.2, 0) is 6.42 Å². The zero-order chi connectivity index (χ0) is 14.3. The van der Waals surface area contributed by atoms with E-state index in [0.717, 1.165) is 49.2 Å². The van der Waals surface area contributed by atoms with Crippen molar-refractivity contribution in [2.24, 2.45) is 11.3 Å². The lowest BCUT2D eigenvalue weighted by molar-refractivity contribution is 0.197. The van der Waals surface area contributed by atoms with Gasteiger partial charge in [0.2, 0.25) is 0 Å². The highest BCUT2D eigenvalue weighted by Gasteiger charge is 2.46. The van der Waals surface area contributed by atoms with Crippen LogP contribution < -0.4 is 14.8 Å². The molecule has 1 N–H and O–H groups in total. The molecule has 1 spiro atoms. The maximum atomic E-state index is 6.46. The molecule has 2 fully saturated rings. The molecule has 21 heavy (non-hydrogen) atoms. The third-order valence-corrected chi connectivity index (χ3v) is 5.40. The maximum Gasteiger partial charge on any atom is 0.162 e. The van der Waals surface area contributed by atoms with Gasteiger partial charge in [0.25, 0.3) is 0 Å². The largest absolute Gasteiger partial charge is 0.489 e. The SMILES string of the molecule is Clc1cc2c(cc1CC1CCCNC1)OCC1(CC1)CO2. The summed E-state index contributed by atoms with van der Waals surface area (Å²) >= 11 is 6.46. The molecule has 1 aromatic rings. The van der Waals surface area contributed by atoms with Gasteiger partial charge >= 0.3 is 0 Å². The van der Waals surface area contributed by atoms with Crippen LogP contribution in [0.5, 0.6) is 11.5 Å². The Labute approximate surface area is 131 Å². The van der Waals surface area contributed by atoms with E-state index in [1.165, 1.54) is 31.2 Å². The molecule has 0 aromatic heterocycles. The number of rotatable bonds is 2. The molecule has 4 rings (SSSR count). The van der Waals surface area contributed by atoms with E-state index >= 15 is 0 Å². The Balaban J connectivity index is 1.54. The molecule has 1 unspecified atom stereocenters. The van der Waals surface area contributed by atoms with Gasteiger partial charge < -0.3 is 14.8 Å². The van der Waals surface area contributed by atoms with Crippen molar-refractivity contribution in [2.45, 2.75) is 32.1 Å². The maximum absolute atomic E-state index is 6.46. The second-order valence-electron chi connectivity index (χ2n) is 6.88. The molecule has 1 aromatic carbocycles. The number of nitrogens with one attached hydrogen (secondary N) is 1. The van der Waals surface area contributed by atoms with Crippen LogP contribution in [0.1, 0.15) is 31.2 Å². The van der Waals surface area contributed by atoms with Crippen LogP contribution in [0.15, 0.2) is 12.1 Å². The first-order valence-electron chi connectivity index (χ1n) is 8.03. The number of halogens is 1. The first-order valence-corrected chi connectivity index (χ1v) is 8.41. The van der Waals surface area contributed by atoms with Crippen LogP contribution in [0.25, 0.3) is 0 Å². The second kappa shape index (κ2) is 5.36. The van der Waals surface area contributed by atoms with Gasteiger partial charge in [-0.2, -0.15) is 0 Å². The van der Waals surface area contributed by atoms with Crippen LogP contribution in [0.3, 0.4) is 0 Å². The molecule has 114 valence electrons. The molecular weight excluding hydrogens is 286 g/mol. The van der Waals surface area contributed by atoms with Gasteiger partial charge in [-0.1, -0.05) is 11.6 Å². The number of hydrogen-bond acceptors (Lipinski definition) is 3. The van der Waals surface area contributed by atoms with E-state index in [1.807, 2.05) is 6.07 Å². The van der Waals surface area contributed by atoms with Crippen LogP contribution in [-0.4, -0.2) is 26.3 Å². The minimum atomic E-state index is 0.277. The van der Waals surface area contributed by atoms with E-state index in [9.17, 15) is 0 Å². The summed E-state index contributed by atoms with van der Waals surface area (Å²) in [4.78, 5) is 0. The minimum Gasteiger partial charge on any atom is -0.489 e. The summed E-state index contributed by atoms with van der Waals surface area (Å²) in [5.41, 5.74) is 1.47. The highest BCUT2D eigenvalue weighted by molar-refractivity contribution is 6.31. The number of ether oxygens (including phenoxy) is 2. The van der Waals surface area contributed by atoms with Gasteiger partial charge in [-0.05, 0) is 62.7 Å². The third kappa shape index (κ3) is 2.86. The van der Waals surface area contributed by atoms with E-state index in [4.69, 9.17) is 21.1 Å². The highest BCUT2D eigenvalue weighted by atomic mass is 35.5. The normalized spacial score (nSPS) is 26.4. The Kier molecular flexibility index (Phi) is 3.50. The fourth-order valence-electron chi connectivity index (χ4n) is 3.34. The molecule has 1 atom stereocenters. The molecule has 2 heterocycles. The topological polar surface area (TPSA) is 30.5 Å². The molecular formula is C17H22ClNO2. The Morgan fingerprint density at radius 1 is 1.19 bits per heavy atom. The number of piperidine rings is 1. The van der Waals surface area contributed by atoms with Crippen molar-refractivity contribution >= 4 is 11.6 Å². The molecule has 0 radical (unpaired) electrons. The molecule has 3 nitrogen and oxygen atoms in total. The van der Waals surface area contributed by atoms with Crippen molar-refractivity contribution in [3.63, 3.8) is 0 Å². The van der Waals surface area contributed by atoms with Gasteiger partial charge in [0.1, 0.15) is 0 Å². The second-order valence-corrected chi connectivity index (χ2v) is 7.29. The predicted molar refractivity (Wildman–Crippen MR) is 83.4 cm³/mol. The van der Waals surface area contributed by atoms with E-state index in [1.54, 1.807) is 0 Å². The van der Waals surface area contributed by atoms with Gasteiger partial charge in [0.05, 0.1) is 13.2 Å². The van der Waals surface area contributed by atoms with E-state index in [0.29, 0.717) is 5.92 Å². The first kappa shape index (κ1) is 13.7. The summed E-state index contributed by atoms with van der Waals surface area (Å²) < 4.78 is 11.9. The Bertz CT molecular complexity index is 536. The van der Waals surface area contributed by atoms with Crippen molar-refractivity contribution < 1.29 is 9.47 Å². The summed E-state index contributed by atoms with van der Waals surface area (Å²) in [6.45, 7) is 3.79. The van der Waals surface area contributed by atoms with E-state index in [2.05, 4.69) is 11.4 Å². The first-order chi connectivity index (χ1) is 10.2. The zero-order valence-corrected chi connectivity index (χ0v) is 13.0. The molecule has 1 aliphatic carbocycles. The van der Waals surface area contributed by atoms with Gasteiger partial charge in [0, 0.05) is 16.5 Å². The van der Waals surface area contributed by atoms with Crippen LogP contribution in [0, 0.1) is 11.3 Å². The van der Waals surface area contributed by atoms with Gasteiger partial charge in [-0.25, -0.2) is 0 Å². The lowest BCUT2D eigenvalue weighted by atomic mass is 9.92. The Morgan fingerprint density at radius 3 is 2.62 bits per heavy atom. The summed E-state index contributed by atoms with van der Waals surface area (Å²) in [7, 11) is 0. The quantitative estimate of drug-likeness (QED) is 0.908. The molecule has 0 amide bonds. The molecule has 1 saturated heterocycles. The van der Waals surface area contributed by atoms with Gasteiger partial charge in [-0.15, -0.1) is 0 Å². The predicted octanol–water partition coefficient (Wildman–Crippen LogP) is 3.43. The fourth-order valence-corrected chi connectivity index (χ4v) is 3.57. The molecule has 0 bridgehead atoms. The standard InChI is InChI=1S/C17H22ClNO2/c18-14-8-16-15(20-10-17(3-4-17)11-21-16)7-13(14)6-12-2-1-5-19-9-12/h7-8,12,19H,1-6,9-11H2. The average molecular weight is 308 g/mol. The zero-order valence-electron chi connectivity index (χ0n) is 12.3. The Hall–Kier alpha value is -0.930. The number of fused-ring (bicyclic) bond motifs is 1. The van der Waals surface area contributed by atoms with Crippen molar-refractivity contribution in [2.75, 3.05) is 26.3 Å². The van der Waals surface area contributed by atoms with E-state index in [-0.39, 0.29) is 5.41 Å². The monoisotopic (exact) mass is 307 g/mol. The lowest BCUT2D eigenvalue weighted by Gasteiger charge is -2.23. The summed E-state index contributed by atoms with van der Waals surface area (Å²) in [5, 5.41) is 4.28. The summed E-state index contributed by atoms with van der Waals surface area (Å²) in [5.74, 6) is 2.37. The van der Waals surface area contributed by atoms with Crippen LogP contribution in [0.2, 0.25) is 5.02 Å². The summed E-state index contributed by atoms with van der Waals surface area (Å²) in [6, 6.07) is 4.05. The fraction of sp³-hybridized carbons (Fsp3) is 0.647. The lowest BCUT2D eigenvalue weighted by Crippen LogP contribution is -2.30. The molecule has 3 aliphatic rings. The smallest absolute Gasteiger partial charge is 0.162 e. The molecule has 4 heteroatoms. The van der Waals surface area contributed by atoms with E-state index < -0.39 is 0 Å². The van der Waals surface area contributed by atoms with Crippen molar-refractivity contribution in [1.82, 2.24) is 5.32 Å². The highest BCUT2D eigenvalue weighted by Crippen LogP contribution is 2.49. The third-order valence-electron chi connectivity index (χ3n) is 5.05. The summed E-state index contributed by atoms with van der Waals surface area (Å²) in [6.07, 6.45) is 5.99. The van der Waals surface area contributed by atoms with Crippen molar-refractivity contribution in [1.29, 1.82) is 0 Å². The van der Waals surface area contributed by atoms with Crippen LogP contribution >= 0.6 is 11.6 Å². The molecule has 2 aliphatic heterocycles. The number of hydrogen-bond donors (Lipinski definition) is 1. The van der Waals surface area contributed by atoms with Crippen LogP contribution in [0.4, 0.5) is 0 Å². The molecule has 1 saturated carbocycles. The van der Waals surface area contributed by atoms with Gasteiger partial charge in [-0.3, -0.25) is 0 Å². The van der Waals surface area contributed by atoms with Crippen molar-refractivity contribution in [3.8, 4) is 11.5 Å². The average Bonchev–Trinajstić information content (AvgIpc) is 3.29. The van der Waals surface area contributed by atoms with Crippen molar-refractivity contribution in [3.05, 3.63) is 22.7 Å². The minimum absolute atomic E-state index is 0.277. The number of benzene rings is 1. The van der Waals surface area contributed by atoms with Gasteiger partial charge in [0.15, 0.2) is 11.5 Å². The Morgan fingerprint density at radius 2 is 1.95 bits per heavy atom.